The van der Waals surface area contributed by atoms with E-state index in [0.29, 0.717) is 22.1 Å². The monoisotopic (exact) mass is 351 g/mol. The molecule has 0 saturated carbocycles. The Morgan fingerprint density at radius 3 is 2.46 bits per heavy atom. The number of halogens is 3. The van der Waals surface area contributed by atoms with Crippen LogP contribution in [-0.4, -0.2) is 14.4 Å². The molecule has 0 N–H and O–H groups in total. The number of nitrogens with zero attached hydrogens (tertiary/aromatic N) is 3. The number of benzene rings is 1. The van der Waals surface area contributed by atoms with Gasteiger partial charge < -0.3 is 0 Å². The zero-order valence-corrected chi connectivity index (χ0v) is 13.4. The molecule has 3 rings (SSSR count). The highest BCUT2D eigenvalue weighted by molar-refractivity contribution is 7.98. The van der Waals surface area contributed by atoms with E-state index in [1.54, 1.807) is 12.3 Å². The number of fused-ring (bicyclic) bond motifs is 1. The quantitative estimate of drug-likeness (QED) is 0.675. The lowest BCUT2D eigenvalue weighted by Crippen LogP contribution is -2.19. The number of hydrogen-bond donors (Lipinski definition) is 0. The van der Waals surface area contributed by atoms with Crippen LogP contribution in [0.2, 0.25) is 0 Å². The minimum absolute atomic E-state index is 0.295. The molecule has 124 valence electrons. The smallest absolute Gasteiger partial charge is 0.251 e. The maximum atomic E-state index is 12.5. The largest absolute Gasteiger partial charge is 0.416 e. The molecular weight excluding hydrogens is 339 g/mol. The fourth-order valence-corrected chi connectivity index (χ4v) is 2.89. The summed E-state index contributed by atoms with van der Waals surface area (Å²) in [6.45, 7) is 1.86. The van der Waals surface area contributed by atoms with Crippen molar-refractivity contribution in [2.45, 2.75) is 24.0 Å². The van der Waals surface area contributed by atoms with Crippen molar-refractivity contribution >= 4 is 17.4 Å². The van der Waals surface area contributed by atoms with Crippen LogP contribution in [0.3, 0.4) is 0 Å². The maximum Gasteiger partial charge on any atom is 0.416 e. The van der Waals surface area contributed by atoms with E-state index in [-0.39, 0.29) is 0 Å². The summed E-state index contributed by atoms with van der Waals surface area (Å²) < 4.78 is 38.9. The van der Waals surface area contributed by atoms with Gasteiger partial charge in [-0.25, -0.2) is 9.78 Å². The van der Waals surface area contributed by atoms with Crippen molar-refractivity contribution in [2.75, 3.05) is 0 Å². The van der Waals surface area contributed by atoms with Crippen molar-refractivity contribution in [2.24, 2.45) is 0 Å². The van der Waals surface area contributed by atoms with Gasteiger partial charge in [0.15, 0.2) is 5.16 Å². The second-order valence-corrected chi connectivity index (χ2v) is 6.15. The summed E-state index contributed by atoms with van der Waals surface area (Å²) in [5.74, 6) is 0.375. The van der Waals surface area contributed by atoms with Crippen LogP contribution in [0.25, 0.3) is 5.65 Å². The van der Waals surface area contributed by atoms with E-state index in [0.717, 1.165) is 17.7 Å². The van der Waals surface area contributed by atoms with Gasteiger partial charge in [0.05, 0.1) is 5.56 Å². The lowest BCUT2D eigenvalue weighted by Gasteiger charge is -2.07. The third-order valence-corrected chi connectivity index (χ3v) is 4.25. The summed E-state index contributed by atoms with van der Waals surface area (Å²) >= 11 is 1.20. The Labute approximate surface area is 139 Å². The molecule has 0 unspecified atom stereocenters. The Bertz CT molecular complexity index is 936. The summed E-state index contributed by atoms with van der Waals surface area (Å²) in [6.07, 6.45) is -2.69. The highest BCUT2D eigenvalue weighted by Gasteiger charge is 2.29. The molecule has 8 heteroatoms. The van der Waals surface area contributed by atoms with Gasteiger partial charge in [0, 0.05) is 11.9 Å². The third kappa shape index (κ3) is 3.59. The van der Waals surface area contributed by atoms with Crippen LogP contribution in [0.5, 0.6) is 0 Å². The summed E-state index contributed by atoms with van der Waals surface area (Å²) in [7, 11) is 0. The molecule has 4 nitrogen and oxygen atoms in total. The highest BCUT2D eigenvalue weighted by Crippen LogP contribution is 2.29. The number of pyridine rings is 1. The molecule has 24 heavy (non-hydrogen) atoms. The SMILES string of the molecule is Cc1ccc2nc(SCc3ccc(C(F)(F)F)cc3)nc(=O)n2c1. The average Bonchev–Trinajstić information content (AvgIpc) is 2.53. The van der Waals surface area contributed by atoms with Crippen LogP contribution < -0.4 is 5.69 Å². The molecule has 1 aromatic carbocycles. The fraction of sp³-hybridized carbons (Fsp3) is 0.188. The Hall–Kier alpha value is -2.35. The van der Waals surface area contributed by atoms with Crippen LogP contribution in [0.4, 0.5) is 13.2 Å². The standard InChI is InChI=1S/C16H12F3N3OS/c1-10-2-7-13-20-14(21-15(23)22(13)8-10)24-9-11-3-5-12(6-4-11)16(17,18)19/h2-8H,9H2,1H3. The number of aromatic nitrogens is 3. The van der Waals surface area contributed by atoms with E-state index in [2.05, 4.69) is 9.97 Å². The third-order valence-electron chi connectivity index (χ3n) is 3.33. The number of thioether (sulfide) groups is 1. The second kappa shape index (κ2) is 6.27. The van der Waals surface area contributed by atoms with Gasteiger partial charge in [-0.1, -0.05) is 30.0 Å². The molecular formula is C16H12F3N3OS. The molecule has 0 saturated heterocycles. The molecule has 0 fully saturated rings. The first-order chi connectivity index (χ1) is 11.3. The molecule has 0 aliphatic rings. The minimum atomic E-state index is -4.35. The van der Waals surface area contributed by atoms with Crippen molar-refractivity contribution in [1.82, 2.24) is 14.4 Å². The van der Waals surface area contributed by atoms with Gasteiger partial charge in [0.25, 0.3) is 0 Å². The molecule has 0 bridgehead atoms. The highest BCUT2D eigenvalue weighted by atomic mass is 32.2. The van der Waals surface area contributed by atoms with Crippen molar-refractivity contribution < 1.29 is 13.2 Å². The van der Waals surface area contributed by atoms with E-state index < -0.39 is 17.4 Å². The maximum absolute atomic E-state index is 12.5. The number of alkyl halides is 3. The van der Waals surface area contributed by atoms with E-state index in [1.807, 2.05) is 13.0 Å². The predicted octanol–water partition coefficient (Wildman–Crippen LogP) is 3.71. The summed E-state index contributed by atoms with van der Waals surface area (Å²) in [6, 6.07) is 8.45. The first-order valence-electron chi connectivity index (χ1n) is 6.99. The van der Waals surface area contributed by atoms with E-state index in [9.17, 15) is 18.0 Å². The van der Waals surface area contributed by atoms with Crippen molar-refractivity contribution in [3.63, 3.8) is 0 Å². The fourth-order valence-electron chi connectivity index (χ4n) is 2.10. The van der Waals surface area contributed by atoms with Gasteiger partial charge in [0.1, 0.15) is 5.65 Å². The van der Waals surface area contributed by atoms with Gasteiger partial charge in [-0.2, -0.15) is 18.2 Å². The predicted molar refractivity (Wildman–Crippen MR) is 85.0 cm³/mol. The van der Waals surface area contributed by atoms with Gasteiger partial charge in [-0.3, -0.25) is 4.40 Å². The van der Waals surface area contributed by atoms with Crippen LogP contribution in [0.15, 0.2) is 52.5 Å². The molecule has 3 aromatic rings. The lowest BCUT2D eigenvalue weighted by molar-refractivity contribution is -0.137. The van der Waals surface area contributed by atoms with E-state index >= 15 is 0 Å². The zero-order chi connectivity index (χ0) is 17.3. The number of aryl methyl sites for hydroxylation is 1. The summed E-state index contributed by atoms with van der Waals surface area (Å²) in [5, 5.41) is 0.295. The molecule has 0 radical (unpaired) electrons. The summed E-state index contributed by atoms with van der Waals surface area (Å²) in [5.41, 5.74) is 0.972. The van der Waals surface area contributed by atoms with E-state index in [4.69, 9.17) is 0 Å². The van der Waals surface area contributed by atoms with Gasteiger partial charge in [0.2, 0.25) is 0 Å². The Kier molecular flexibility index (Phi) is 4.31. The topological polar surface area (TPSA) is 47.3 Å². The Morgan fingerprint density at radius 1 is 1.08 bits per heavy atom. The average molecular weight is 351 g/mol. The zero-order valence-electron chi connectivity index (χ0n) is 12.5. The Balaban J connectivity index is 1.78. The molecule has 2 aromatic heterocycles. The first kappa shape index (κ1) is 16.5. The molecule has 0 atom stereocenters. The summed E-state index contributed by atoms with van der Waals surface area (Å²) in [4.78, 5) is 20.2. The van der Waals surface area contributed by atoms with Crippen molar-refractivity contribution in [3.8, 4) is 0 Å². The van der Waals surface area contributed by atoms with Gasteiger partial charge in [-0.15, -0.1) is 0 Å². The van der Waals surface area contributed by atoms with Crippen molar-refractivity contribution in [1.29, 1.82) is 0 Å². The number of hydrogen-bond acceptors (Lipinski definition) is 4. The lowest BCUT2D eigenvalue weighted by atomic mass is 10.1. The van der Waals surface area contributed by atoms with E-state index in [1.165, 1.54) is 28.3 Å². The normalized spacial score (nSPS) is 11.8. The van der Waals surface area contributed by atoms with Gasteiger partial charge >= 0.3 is 11.9 Å². The second-order valence-electron chi connectivity index (χ2n) is 5.21. The van der Waals surface area contributed by atoms with Crippen LogP contribution in [0.1, 0.15) is 16.7 Å². The Morgan fingerprint density at radius 2 is 1.79 bits per heavy atom. The molecule has 0 aliphatic carbocycles. The minimum Gasteiger partial charge on any atom is -0.251 e. The van der Waals surface area contributed by atoms with Crippen LogP contribution >= 0.6 is 11.8 Å². The van der Waals surface area contributed by atoms with Crippen molar-refractivity contribution in [3.05, 3.63) is 69.8 Å². The molecule has 0 aliphatic heterocycles. The first-order valence-corrected chi connectivity index (χ1v) is 7.97. The molecule has 0 amide bonds. The molecule has 0 spiro atoms. The number of rotatable bonds is 3. The van der Waals surface area contributed by atoms with Crippen LogP contribution in [0, 0.1) is 6.92 Å². The van der Waals surface area contributed by atoms with Gasteiger partial charge in [-0.05, 0) is 36.2 Å². The molecule has 2 heterocycles. The van der Waals surface area contributed by atoms with Crippen LogP contribution in [-0.2, 0) is 11.9 Å².